The van der Waals surface area contributed by atoms with Gasteiger partial charge in [-0.3, -0.25) is 4.68 Å². The largest absolute Gasteiger partial charge is 0.573 e. The number of alkyl halides is 3. The van der Waals surface area contributed by atoms with E-state index in [9.17, 15) is 23.1 Å². The summed E-state index contributed by atoms with van der Waals surface area (Å²) >= 11 is 0. The Labute approximate surface area is 233 Å². The zero-order valence-corrected chi connectivity index (χ0v) is 22.2. The molecule has 2 aliphatic carbocycles. The Morgan fingerprint density at radius 2 is 1.88 bits per heavy atom. The van der Waals surface area contributed by atoms with Gasteiger partial charge in [-0.15, -0.1) is 13.2 Å². The van der Waals surface area contributed by atoms with Gasteiger partial charge in [0, 0.05) is 48.3 Å². The maximum atomic E-state index is 13.1. The molecule has 8 nitrogen and oxygen atoms in total. The van der Waals surface area contributed by atoms with E-state index >= 15 is 0 Å². The van der Waals surface area contributed by atoms with E-state index in [1.165, 1.54) is 12.1 Å². The van der Waals surface area contributed by atoms with Gasteiger partial charge in [0.25, 0.3) is 0 Å². The van der Waals surface area contributed by atoms with Crippen LogP contribution in [0.4, 0.5) is 18.9 Å². The number of benzene rings is 2. The summed E-state index contributed by atoms with van der Waals surface area (Å²) in [6.45, 7) is 1.65. The smallest absolute Gasteiger partial charge is 0.476 e. The molecular formula is C30H27F3N4O4. The number of piperidine rings is 1. The highest BCUT2D eigenvalue weighted by Crippen LogP contribution is 2.56. The second-order valence-electron chi connectivity index (χ2n) is 11.3. The number of fused-ring (bicyclic) bond motifs is 1. The van der Waals surface area contributed by atoms with Crippen molar-refractivity contribution in [1.29, 1.82) is 0 Å². The van der Waals surface area contributed by atoms with Gasteiger partial charge < -0.3 is 19.3 Å². The van der Waals surface area contributed by atoms with Gasteiger partial charge in [0.2, 0.25) is 0 Å². The minimum absolute atomic E-state index is 0.0102. The SMILES string of the molecule is Cn1nc(C(=O)O)c2ccc(N3CCC4(C=C(c5c(-c6ccccc6OC(F)(F)F)noc5C5CC5)C4)CC3)cc21. The van der Waals surface area contributed by atoms with Crippen molar-refractivity contribution in [2.45, 2.75) is 44.4 Å². The summed E-state index contributed by atoms with van der Waals surface area (Å²) in [6, 6.07) is 11.8. The standard InChI is InChI=1S/C30H27F3N4O4/c1-36-22-14-19(8-9-20(22)26(34-36)28(38)39)37-12-10-29(11-13-37)15-18(16-29)24-25(35-41-27(24)17-6-7-17)21-4-2-3-5-23(21)40-30(31,32)33/h2-5,8-9,14-15,17H,6-7,10-13,16H2,1H3,(H,38,39). The summed E-state index contributed by atoms with van der Waals surface area (Å²) < 4.78 is 51.1. The lowest BCUT2D eigenvalue weighted by atomic mass is 9.63. The fourth-order valence-electron chi connectivity index (χ4n) is 6.31. The summed E-state index contributed by atoms with van der Waals surface area (Å²) in [7, 11) is 1.74. The number of carboxylic acids is 1. The molecule has 11 heteroatoms. The number of aromatic nitrogens is 3. The molecule has 0 radical (unpaired) electrons. The first-order valence-electron chi connectivity index (χ1n) is 13.6. The van der Waals surface area contributed by atoms with E-state index in [1.807, 2.05) is 18.2 Å². The molecule has 1 N–H and O–H groups in total. The Hall–Kier alpha value is -4.28. The van der Waals surface area contributed by atoms with E-state index in [-0.39, 0.29) is 28.3 Å². The van der Waals surface area contributed by atoms with E-state index in [1.54, 1.807) is 23.9 Å². The molecule has 2 fully saturated rings. The summed E-state index contributed by atoms with van der Waals surface area (Å²) in [5.74, 6) is -0.343. The first-order valence-corrected chi connectivity index (χ1v) is 13.6. The number of rotatable bonds is 6. The van der Waals surface area contributed by atoms with Crippen LogP contribution in [-0.2, 0) is 7.05 Å². The monoisotopic (exact) mass is 564 g/mol. The fraction of sp³-hybridized carbons (Fsp3) is 0.367. The van der Waals surface area contributed by atoms with Crippen LogP contribution in [0.2, 0.25) is 0 Å². The van der Waals surface area contributed by atoms with Crippen molar-refractivity contribution in [2.24, 2.45) is 12.5 Å². The van der Waals surface area contributed by atoms with Gasteiger partial charge in [-0.1, -0.05) is 23.4 Å². The molecule has 2 aromatic heterocycles. The van der Waals surface area contributed by atoms with Crippen molar-refractivity contribution in [2.75, 3.05) is 18.0 Å². The number of anilines is 1. The van der Waals surface area contributed by atoms with E-state index in [2.05, 4.69) is 26.0 Å². The lowest BCUT2D eigenvalue weighted by Gasteiger charge is -2.47. The Balaban J connectivity index is 1.14. The molecule has 7 rings (SSSR count). The van der Waals surface area contributed by atoms with Crippen molar-refractivity contribution in [1.82, 2.24) is 14.9 Å². The van der Waals surface area contributed by atoms with Crippen molar-refractivity contribution in [3.63, 3.8) is 0 Å². The van der Waals surface area contributed by atoms with E-state index in [4.69, 9.17) is 4.52 Å². The number of ether oxygens (including phenoxy) is 1. The highest BCUT2D eigenvalue weighted by molar-refractivity contribution is 6.02. The maximum Gasteiger partial charge on any atom is 0.573 e. The van der Waals surface area contributed by atoms with Crippen LogP contribution in [0, 0.1) is 5.41 Å². The third kappa shape index (κ3) is 4.53. The number of hydrogen-bond acceptors (Lipinski definition) is 6. The number of carboxylic acid groups (broad SMARTS) is 1. The number of hydrogen-bond donors (Lipinski definition) is 1. The van der Waals surface area contributed by atoms with Crippen LogP contribution >= 0.6 is 0 Å². The van der Waals surface area contributed by atoms with Gasteiger partial charge in [-0.25, -0.2) is 4.79 Å². The molecule has 1 spiro atoms. The molecule has 4 aromatic rings. The Morgan fingerprint density at radius 3 is 2.56 bits per heavy atom. The quantitative estimate of drug-likeness (QED) is 0.276. The van der Waals surface area contributed by atoms with Gasteiger partial charge in [0.1, 0.15) is 17.2 Å². The molecule has 0 bridgehead atoms. The molecular weight excluding hydrogens is 537 g/mol. The van der Waals surface area contributed by atoms with E-state index in [0.717, 1.165) is 73.3 Å². The number of allylic oxidation sites excluding steroid dienone is 2. The molecule has 41 heavy (non-hydrogen) atoms. The molecule has 0 amide bonds. The zero-order chi connectivity index (χ0) is 28.5. The topological polar surface area (TPSA) is 93.6 Å². The zero-order valence-electron chi connectivity index (χ0n) is 22.2. The Bertz CT molecular complexity index is 1710. The predicted octanol–water partition coefficient (Wildman–Crippen LogP) is 6.78. The summed E-state index contributed by atoms with van der Waals surface area (Å²) in [6.07, 6.45) is 2.06. The molecule has 3 heterocycles. The third-order valence-electron chi connectivity index (χ3n) is 8.54. The van der Waals surface area contributed by atoms with Gasteiger partial charge in [0.15, 0.2) is 5.69 Å². The number of aromatic carboxylic acids is 1. The minimum Gasteiger partial charge on any atom is -0.476 e. The average Bonchev–Trinajstić information content (AvgIpc) is 3.59. The number of nitrogens with zero attached hydrogens (tertiary/aromatic N) is 4. The van der Waals surface area contributed by atoms with Crippen LogP contribution in [0.1, 0.15) is 59.8 Å². The summed E-state index contributed by atoms with van der Waals surface area (Å²) in [5, 5.41) is 18.4. The highest BCUT2D eigenvalue weighted by Gasteiger charge is 2.44. The van der Waals surface area contributed by atoms with Crippen LogP contribution in [0.5, 0.6) is 5.75 Å². The van der Waals surface area contributed by atoms with Crippen molar-refractivity contribution < 1.29 is 32.3 Å². The van der Waals surface area contributed by atoms with Crippen molar-refractivity contribution in [3.05, 3.63) is 65.6 Å². The van der Waals surface area contributed by atoms with E-state index < -0.39 is 12.3 Å². The van der Waals surface area contributed by atoms with Gasteiger partial charge in [-0.2, -0.15) is 5.10 Å². The number of aryl methyl sites for hydroxylation is 1. The van der Waals surface area contributed by atoms with E-state index in [0.29, 0.717) is 11.1 Å². The highest BCUT2D eigenvalue weighted by atomic mass is 19.4. The maximum absolute atomic E-state index is 13.1. The second kappa shape index (κ2) is 9.12. The van der Waals surface area contributed by atoms with Crippen LogP contribution in [-0.4, -0.2) is 45.5 Å². The van der Waals surface area contributed by atoms with Gasteiger partial charge >= 0.3 is 12.3 Å². The first-order chi connectivity index (χ1) is 19.6. The molecule has 0 unspecified atom stereocenters. The Morgan fingerprint density at radius 1 is 1.15 bits per heavy atom. The van der Waals surface area contributed by atoms with Gasteiger partial charge in [0.05, 0.1) is 5.52 Å². The van der Waals surface area contributed by atoms with Crippen molar-refractivity contribution >= 4 is 28.1 Å². The Kier molecular flexibility index (Phi) is 5.71. The molecule has 212 valence electrons. The summed E-state index contributed by atoms with van der Waals surface area (Å²) in [4.78, 5) is 13.8. The third-order valence-corrected chi connectivity index (χ3v) is 8.54. The van der Waals surface area contributed by atoms with Crippen LogP contribution in [0.3, 0.4) is 0 Å². The molecule has 1 saturated carbocycles. The predicted molar refractivity (Wildman–Crippen MR) is 145 cm³/mol. The van der Waals surface area contributed by atoms with Crippen LogP contribution in [0.25, 0.3) is 27.7 Å². The van der Waals surface area contributed by atoms with Crippen LogP contribution in [0.15, 0.2) is 53.1 Å². The van der Waals surface area contributed by atoms with Gasteiger partial charge in [-0.05, 0) is 73.4 Å². The molecule has 1 saturated heterocycles. The van der Waals surface area contributed by atoms with Crippen molar-refractivity contribution in [3.8, 4) is 17.0 Å². The molecule has 2 aromatic carbocycles. The first kappa shape index (κ1) is 25.7. The van der Waals surface area contributed by atoms with Crippen LogP contribution < -0.4 is 9.64 Å². The lowest BCUT2D eigenvalue weighted by molar-refractivity contribution is -0.274. The number of para-hydroxylation sites is 1. The number of carbonyl (C=O) groups is 1. The summed E-state index contributed by atoms with van der Waals surface area (Å²) in [5.41, 5.74) is 4.40. The lowest BCUT2D eigenvalue weighted by Crippen LogP contribution is -2.42. The number of halogens is 3. The fourth-order valence-corrected chi connectivity index (χ4v) is 6.31. The normalized spacial score (nSPS) is 18.4. The molecule has 1 aliphatic heterocycles. The average molecular weight is 565 g/mol. The molecule has 3 aliphatic rings. The molecule has 0 atom stereocenters. The minimum atomic E-state index is -4.81. The second-order valence-corrected chi connectivity index (χ2v) is 11.3.